The van der Waals surface area contributed by atoms with Gasteiger partial charge in [0.2, 0.25) is 0 Å². The molecule has 1 aliphatic rings. The first-order valence-corrected chi connectivity index (χ1v) is 4.64. The van der Waals surface area contributed by atoms with Crippen LogP contribution in [0.2, 0.25) is 0 Å². The number of imide groups is 1. The summed E-state index contributed by atoms with van der Waals surface area (Å²) in [6.45, 7) is 0. The van der Waals surface area contributed by atoms with Crippen molar-refractivity contribution in [1.29, 1.82) is 0 Å². The predicted molar refractivity (Wildman–Crippen MR) is 55.5 cm³/mol. The Bertz CT molecular complexity index is 444. The van der Waals surface area contributed by atoms with Crippen LogP contribution in [0.15, 0.2) is 30.3 Å². The molecule has 1 unspecified atom stereocenters. The summed E-state index contributed by atoms with van der Waals surface area (Å²) in [6.07, 6.45) is 0. The number of para-hydroxylation sites is 1. The van der Waals surface area contributed by atoms with E-state index in [0.717, 1.165) is 0 Å². The molecule has 1 fully saturated rings. The minimum Gasteiger partial charge on any atom is -0.324 e. The molecular weight excluding hydrogens is 210 g/mol. The Morgan fingerprint density at radius 1 is 1.19 bits per heavy atom. The third kappa shape index (κ3) is 2.00. The standard InChI is InChI=1S/C10H9N3O3/c14-8(7-9(15)13-10(16)12-7)11-6-4-2-1-3-5-6/h1-5,7H,(H,11,14)(H2,12,13,15,16). The second-order valence-corrected chi connectivity index (χ2v) is 3.25. The fraction of sp³-hybridized carbons (Fsp3) is 0.100. The highest BCUT2D eigenvalue weighted by molar-refractivity contribution is 6.18. The number of anilines is 1. The summed E-state index contributed by atoms with van der Waals surface area (Å²) in [7, 11) is 0. The van der Waals surface area contributed by atoms with Crippen LogP contribution in [0.3, 0.4) is 0 Å². The van der Waals surface area contributed by atoms with Crippen LogP contribution in [-0.2, 0) is 9.59 Å². The molecule has 0 aromatic heterocycles. The average molecular weight is 219 g/mol. The zero-order valence-corrected chi connectivity index (χ0v) is 8.19. The molecule has 0 radical (unpaired) electrons. The van der Waals surface area contributed by atoms with Crippen molar-refractivity contribution in [1.82, 2.24) is 10.6 Å². The lowest BCUT2D eigenvalue weighted by molar-refractivity contribution is -0.127. The summed E-state index contributed by atoms with van der Waals surface area (Å²) in [6, 6.07) is 6.87. The topological polar surface area (TPSA) is 87.3 Å². The maximum absolute atomic E-state index is 11.6. The van der Waals surface area contributed by atoms with Gasteiger partial charge in [0.05, 0.1) is 0 Å². The van der Waals surface area contributed by atoms with Gasteiger partial charge < -0.3 is 10.6 Å². The number of amides is 4. The number of nitrogens with one attached hydrogen (secondary N) is 3. The minimum atomic E-state index is -1.16. The molecule has 1 aromatic carbocycles. The van der Waals surface area contributed by atoms with Gasteiger partial charge in [0.1, 0.15) is 0 Å². The summed E-state index contributed by atoms with van der Waals surface area (Å²) >= 11 is 0. The van der Waals surface area contributed by atoms with Crippen LogP contribution < -0.4 is 16.0 Å². The van der Waals surface area contributed by atoms with Crippen molar-refractivity contribution in [3.05, 3.63) is 30.3 Å². The first kappa shape index (κ1) is 10.2. The Hall–Kier alpha value is -2.37. The van der Waals surface area contributed by atoms with Crippen molar-refractivity contribution < 1.29 is 14.4 Å². The largest absolute Gasteiger partial charge is 0.324 e. The average Bonchev–Trinajstić information content (AvgIpc) is 2.59. The molecule has 82 valence electrons. The van der Waals surface area contributed by atoms with Gasteiger partial charge in [-0.2, -0.15) is 0 Å². The monoisotopic (exact) mass is 219 g/mol. The van der Waals surface area contributed by atoms with Gasteiger partial charge in [-0.05, 0) is 12.1 Å². The highest BCUT2D eigenvalue weighted by Gasteiger charge is 2.35. The number of benzene rings is 1. The van der Waals surface area contributed by atoms with E-state index in [0.29, 0.717) is 5.69 Å². The molecule has 1 aromatic rings. The van der Waals surface area contributed by atoms with E-state index in [4.69, 9.17) is 0 Å². The molecule has 0 aliphatic carbocycles. The van der Waals surface area contributed by atoms with Crippen molar-refractivity contribution in [2.45, 2.75) is 6.04 Å². The number of hydrogen-bond donors (Lipinski definition) is 3. The quantitative estimate of drug-likeness (QED) is 0.477. The maximum Gasteiger partial charge on any atom is 0.322 e. The van der Waals surface area contributed by atoms with Gasteiger partial charge in [-0.25, -0.2) is 4.79 Å². The minimum absolute atomic E-state index is 0.561. The van der Waals surface area contributed by atoms with Crippen LogP contribution in [0.1, 0.15) is 0 Å². The molecule has 6 nitrogen and oxygen atoms in total. The number of carbonyl (C=O) groups is 3. The van der Waals surface area contributed by atoms with Crippen molar-refractivity contribution in [3.8, 4) is 0 Å². The third-order valence-electron chi connectivity index (χ3n) is 2.08. The fourth-order valence-electron chi connectivity index (χ4n) is 1.34. The second kappa shape index (κ2) is 4.01. The number of hydrogen-bond acceptors (Lipinski definition) is 3. The maximum atomic E-state index is 11.6. The Morgan fingerprint density at radius 2 is 1.88 bits per heavy atom. The smallest absolute Gasteiger partial charge is 0.322 e. The van der Waals surface area contributed by atoms with E-state index in [2.05, 4.69) is 10.6 Å². The molecule has 1 aliphatic heterocycles. The predicted octanol–water partition coefficient (Wildman–Crippen LogP) is -0.167. The number of carbonyl (C=O) groups excluding carboxylic acids is 3. The summed E-state index contributed by atoms with van der Waals surface area (Å²) in [5.41, 5.74) is 0.571. The van der Waals surface area contributed by atoms with Gasteiger partial charge >= 0.3 is 6.03 Å². The van der Waals surface area contributed by atoms with Gasteiger partial charge in [0.25, 0.3) is 11.8 Å². The molecule has 1 atom stereocenters. The van der Waals surface area contributed by atoms with Crippen molar-refractivity contribution >= 4 is 23.5 Å². The SMILES string of the molecule is O=C1NC(=O)C(C(=O)Nc2ccccc2)N1. The Labute approximate surface area is 91.0 Å². The van der Waals surface area contributed by atoms with Gasteiger partial charge in [-0.3, -0.25) is 14.9 Å². The summed E-state index contributed by atoms with van der Waals surface area (Å²) in [5, 5.41) is 6.72. The van der Waals surface area contributed by atoms with E-state index in [-0.39, 0.29) is 0 Å². The molecular formula is C10H9N3O3. The lowest BCUT2D eigenvalue weighted by atomic mass is 10.2. The summed E-state index contributed by atoms with van der Waals surface area (Å²) in [4.78, 5) is 33.5. The Kier molecular flexibility index (Phi) is 2.55. The molecule has 3 N–H and O–H groups in total. The van der Waals surface area contributed by atoms with E-state index >= 15 is 0 Å². The van der Waals surface area contributed by atoms with Crippen molar-refractivity contribution in [2.24, 2.45) is 0 Å². The van der Waals surface area contributed by atoms with E-state index in [1.807, 2.05) is 5.32 Å². The fourth-order valence-corrected chi connectivity index (χ4v) is 1.34. The first-order valence-electron chi connectivity index (χ1n) is 4.64. The Balaban J connectivity index is 2.04. The molecule has 0 saturated carbocycles. The normalized spacial score (nSPS) is 18.9. The molecule has 2 rings (SSSR count). The lowest BCUT2D eigenvalue weighted by Crippen LogP contribution is -2.41. The number of rotatable bonds is 2. The molecule has 4 amide bonds. The molecule has 0 spiro atoms. The van der Waals surface area contributed by atoms with Crippen LogP contribution in [0.4, 0.5) is 10.5 Å². The van der Waals surface area contributed by atoms with E-state index in [1.165, 1.54) is 0 Å². The zero-order valence-electron chi connectivity index (χ0n) is 8.19. The van der Waals surface area contributed by atoms with Crippen molar-refractivity contribution in [3.63, 3.8) is 0 Å². The first-order chi connectivity index (χ1) is 7.66. The number of urea groups is 1. The van der Waals surface area contributed by atoms with Crippen LogP contribution in [0, 0.1) is 0 Å². The summed E-state index contributed by atoms with van der Waals surface area (Å²) < 4.78 is 0. The van der Waals surface area contributed by atoms with E-state index in [9.17, 15) is 14.4 Å². The van der Waals surface area contributed by atoms with E-state index < -0.39 is 23.9 Å². The van der Waals surface area contributed by atoms with Crippen LogP contribution in [-0.4, -0.2) is 23.9 Å². The van der Waals surface area contributed by atoms with Crippen LogP contribution >= 0.6 is 0 Å². The lowest BCUT2D eigenvalue weighted by Gasteiger charge is -2.08. The second-order valence-electron chi connectivity index (χ2n) is 3.25. The molecule has 1 heterocycles. The molecule has 0 bridgehead atoms. The highest BCUT2D eigenvalue weighted by Crippen LogP contribution is 2.06. The molecule has 1 saturated heterocycles. The Morgan fingerprint density at radius 3 is 2.44 bits per heavy atom. The molecule has 16 heavy (non-hydrogen) atoms. The van der Waals surface area contributed by atoms with Gasteiger partial charge in [0.15, 0.2) is 6.04 Å². The zero-order chi connectivity index (χ0) is 11.5. The van der Waals surface area contributed by atoms with Gasteiger partial charge in [0, 0.05) is 5.69 Å². The summed E-state index contributed by atoms with van der Waals surface area (Å²) in [5.74, 6) is -1.20. The van der Waals surface area contributed by atoms with Gasteiger partial charge in [-0.1, -0.05) is 18.2 Å². The molecule has 6 heteroatoms. The van der Waals surface area contributed by atoms with Crippen LogP contribution in [0.25, 0.3) is 0 Å². The van der Waals surface area contributed by atoms with Gasteiger partial charge in [-0.15, -0.1) is 0 Å². The van der Waals surface area contributed by atoms with E-state index in [1.54, 1.807) is 30.3 Å². The van der Waals surface area contributed by atoms with Crippen LogP contribution in [0.5, 0.6) is 0 Å². The highest BCUT2D eigenvalue weighted by atomic mass is 16.2. The van der Waals surface area contributed by atoms with Crippen molar-refractivity contribution in [2.75, 3.05) is 5.32 Å². The third-order valence-corrected chi connectivity index (χ3v) is 2.08.